The van der Waals surface area contributed by atoms with Crippen LogP contribution in [-0.2, 0) is 9.09 Å². The minimum atomic E-state index is -2.95. The van der Waals surface area contributed by atoms with Crippen molar-refractivity contribution >= 4 is 13.3 Å². The standard InChI is InChI=1S/C19H26N3O4P/c1-12-9-13(2)22-19(21-12)20-11-18(27(24)14(3)7-8-26-27)15-5-6-16(23)17(10-15)25-4/h5-6,9-10,14,18,23H,7-8,11H2,1-4H3,(H,20,21,22). The topological polar surface area (TPSA) is 93.6 Å². The van der Waals surface area contributed by atoms with Crippen LogP contribution < -0.4 is 10.1 Å². The van der Waals surface area contributed by atoms with Gasteiger partial charge in [-0.15, -0.1) is 0 Å². The Morgan fingerprint density at radius 3 is 2.63 bits per heavy atom. The summed E-state index contributed by atoms with van der Waals surface area (Å²) in [5, 5.41) is 13.1. The molecule has 1 aliphatic rings. The Hall–Kier alpha value is -2.11. The third-order valence-corrected chi connectivity index (χ3v) is 8.32. The lowest BCUT2D eigenvalue weighted by Crippen LogP contribution is -2.18. The normalized spacial score (nSPS) is 23.2. The van der Waals surface area contributed by atoms with Crippen molar-refractivity contribution < 1.29 is 18.9 Å². The van der Waals surface area contributed by atoms with E-state index in [0.29, 0.717) is 24.8 Å². The van der Waals surface area contributed by atoms with Crippen LogP contribution in [0, 0.1) is 13.8 Å². The molecule has 3 atom stereocenters. The molecule has 0 radical (unpaired) electrons. The smallest absolute Gasteiger partial charge is 0.223 e. The number of phenolic OH excluding ortho intramolecular Hbond substituents is 1. The number of methoxy groups -OCH3 is 1. The molecule has 7 nitrogen and oxygen atoms in total. The fraction of sp³-hybridized carbons (Fsp3) is 0.474. The zero-order chi connectivity index (χ0) is 19.6. The van der Waals surface area contributed by atoms with E-state index in [0.717, 1.165) is 23.4 Å². The highest BCUT2D eigenvalue weighted by atomic mass is 31.2. The summed E-state index contributed by atoms with van der Waals surface area (Å²) in [6.45, 7) is 6.63. The van der Waals surface area contributed by atoms with Crippen molar-refractivity contribution in [3.63, 3.8) is 0 Å². The van der Waals surface area contributed by atoms with E-state index in [-0.39, 0.29) is 11.4 Å². The molecule has 0 saturated carbocycles. The third kappa shape index (κ3) is 4.09. The average molecular weight is 391 g/mol. The molecule has 3 rings (SSSR count). The van der Waals surface area contributed by atoms with E-state index in [9.17, 15) is 9.67 Å². The second kappa shape index (κ2) is 7.87. The second-order valence-electron chi connectivity index (χ2n) is 6.92. The molecule has 0 amide bonds. The summed E-state index contributed by atoms with van der Waals surface area (Å²) in [6, 6.07) is 6.94. The van der Waals surface area contributed by atoms with Gasteiger partial charge in [-0.2, -0.15) is 0 Å². The van der Waals surface area contributed by atoms with Gasteiger partial charge in [0.05, 0.1) is 19.4 Å². The molecule has 27 heavy (non-hydrogen) atoms. The molecule has 1 aromatic heterocycles. The van der Waals surface area contributed by atoms with E-state index >= 15 is 0 Å². The lowest BCUT2D eigenvalue weighted by Gasteiger charge is -2.27. The van der Waals surface area contributed by atoms with Crippen LogP contribution in [0.3, 0.4) is 0 Å². The number of aryl methyl sites for hydroxylation is 2. The van der Waals surface area contributed by atoms with Crippen LogP contribution in [0.1, 0.15) is 36.0 Å². The molecule has 0 bridgehead atoms. The summed E-state index contributed by atoms with van der Waals surface area (Å²) in [5.41, 5.74) is 2.09. The third-order valence-electron chi connectivity index (χ3n) is 4.90. The number of aromatic hydroxyl groups is 1. The summed E-state index contributed by atoms with van der Waals surface area (Å²) >= 11 is 0. The van der Waals surface area contributed by atoms with Crippen molar-refractivity contribution in [2.24, 2.45) is 0 Å². The lowest BCUT2D eigenvalue weighted by atomic mass is 10.1. The highest BCUT2D eigenvalue weighted by Crippen LogP contribution is 2.67. The maximum Gasteiger partial charge on any atom is 0.223 e. The maximum atomic E-state index is 13.7. The van der Waals surface area contributed by atoms with E-state index < -0.39 is 13.0 Å². The van der Waals surface area contributed by atoms with Crippen molar-refractivity contribution in [3.8, 4) is 11.5 Å². The SMILES string of the molecule is COc1cc(C(CNc2nc(C)cc(C)n2)P2(=O)OCCC2C)ccc1O. The lowest BCUT2D eigenvalue weighted by molar-refractivity contribution is 0.344. The van der Waals surface area contributed by atoms with Crippen LogP contribution in [0.15, 0.2) is 24.3 Å². The fourth-order valence-electron chi connectivity index (χ4n) is 3.42. The molecule has 2 aromatic rings. The minimum Gasteiger partial charge on any atom is -0.504 e. The monoisotopic (exact) mass is 391 g/mol. The molecular formula is C19H26N3O4P. The Kier molecular flexibility index (Phi) is 5.72. The zero-order valence-electron chi connectivity index (χ0n) is 16.1. The Morgan fingerprint density at radius 1 is 1.33 bits per heavy atom. The number of phenols is 1. The molecule has 146 valence electrons. The molecule has 1 aliphatic heterocycles. The number of nitrogens with one attached hydrogen (secondary N) is 1. The molecule has 8 heteroatoms. The molecule has 0 spiro atoms. The first-order chi connectivity index (χ1) is 12.8. The van der Waals surface area contributed by atoms with E-state index in [1.54, 1.807) is 18.2 Å². The van der Waals surface area contributed by atoms with Crippen LogP contribution in [0.25, 0.3) is 0 Å². The number of nitrogens with zero attached hydrogens (tertiary/aromatic N) is 2. The summed E-state index contributed by atoms with van der Waals surface area (Å²) < 4.78 is 24.7. The van der Waals surface area contributed by atoms with Gasteiger partial charge in [0.15, 0.2) is 11.5 Å². The van der Waals surface area contributed by atoms with Gasteiger partial charge in [-0.1, -0.05) is 13.0 Å². The van der Waals surface area contributed by atoms with Crippen molar-refractivity contribution in [2.45, 2.75) is 38.5 Å². The molecular weight excluding hydrogens is 365 g/mol. The highest BCUT2D eigenvalue weighted by Gasteiger charge is 2.44. The summed E-state index contributed by atoms with van der Waals surface area (Å²) in [6.07, 6.45) is 0.767. The van der Waals surface area contributed by atoms with Gasteiger partial charge in [0.25, 0.3) is 0 Å². The maximum absolute atomic E-state index is 13.7. The number of hydrogen-bond acceptors (Lipinski definition) is 7. The van der Waals surface area contributed by atoms with Crippen LogP contribution in [0.2, 0.25) is 0 Å². The first-order valence-electron chi connectivity index (χ1n) is 9.00. The van der Waals surface area contributed by atoms with Gasteiger partial charge >= 0.3 is 0 Å². The number of aromatic nitrogens is 2. The number of benzene rings is 1. The van der Waals surface area contributed by atoms with Crippen molar-refractivity contribution in [1.29, 1.82) is 0 Å². The van der Waals surface area contributed by atoms with Gasteiger partial charge in [-0.05, 0) is 44.0 Å². The van der Waals surface area contributed by atoms with Gasteiger partial charge < -0.3 is 19.7 Å². The molecule has 3 unspecified atom stereocenters. The quantitative estimate of drug-likeness (QED) is 0.718. The zero-order valence-corrected chi connectivity index (χ0v) is 17.0. The number of anilines is 1. The van der Waals surface area contributed by atoms with Gasteiger partial charge in [0.1, 0.15) is 0 Å². The van der Waals surface area contributed by atoms with Crippen LogP contribution in [0.5, 0.6) is 11.5 Å². The molecule has 1 saturated heterocycles. The van der Waals surface area contributed by atoms with Crippen LogP contribution in [0.4, 0.5) is 5.95 Å². The first kappa shape index (κ1) is 19.6. The summed E-state index contributed by atoms with van der Waals surface area (Å²) in [4.78, 5) is 8.80. The van der Waals surface area contributed by atoms with Crippen molar-refractivity contribution in [2.75, 3.05) is 25.6 Å². The van der Waals surface area contributed by atoms with E-state index in [2.05, 4.69) is 15.3 Å². The Labute approximate surface area is 159 Å². The molecule has 1 fully saturated rings. The number of rotatable bonds is 6. The van der Waals surface area contributed by atoms with Gasteiger partial charge in [0, 0.05) is 23.6 Å². The van der Waals surface area contributed by atoms with Crippen LogP contribution >= 0.6 is 7.37 Å². The highest BCUT2D eigenvalue weighted by molar-refractivity contribution is 7.60. The number of ether oxygens (including phenoxy) is 1. The Morgan fingerprint density at radius 2 is 2.04 bits per heavy atom. The van der Waals surface area contributed by atoms with Crippen LogP contribution in [-0.4, -0.2) is 41.0 Å². The summed E-state index contributed by atoms with van der Waals surface area (Å²) in [5.74, 6) is 0.893. The predicted octanol–water partition coefficient (Wildman–Crippen LogP) is 4.05. The first-order valence-corrected chi connectivity index (χ1v) is 10.8. The summed E-state index contributed by atoms with van der Waals surface area (Å²) in [7, 11) is -1.46. The predicted molar refractivity (Wildman–Crippen MR) is 105 cm³/mol. The van der Waals surface area contributed by atoms with Crippen molar-refractivity contribution in [1.82, 2.24) is 9.97 Å². The number of hydrogen-bond donors (Lipinski definition) is 2. The average Bonchev–Trinajstić information content (AvgIpc) is 2.95. The van der Waals surface area contributed by atoms with E-state index in [1.807, 2.05) is 26.8 Å². The molecule has 2 N–H and O–H groups in total. The largest absolute Gasteiger partial charge is 0.504 e. The fourth-order valence-corrected chi connectivity index (χ4v) is 6.24. The molecule has 0 aliphatic carbocycles. The van der Waals surface area contributed by atoms with E-state index in [1.165, 1.54) is 7.11 Å². The minimum absolute atomic E-state index is 0.0377. The van der Waals surface area contributed by atoms with E-state index in [4.69, 9.17) is 9.26 Å². The van der Waals surface area contributed by atoms with Crippen molar-refractivity contribution in [3.05, 3.63) is 41.2 Å². The molecule has 1 aromatic carbocycles. The Bertz CT molecular complexity index is 854. The van der Waals surface area contributed by atoms with Gasteiger partial charge in [-0.3, -0.25) is 4.57 Å². The van der Waals surface area contributed by atoms with Gasteiger partial charge in [-0.25, -0.2) is 9.97 Å². The molecule has 2 heterocycles. The second-order valence-corrected chi connectivity index (χ2v) is 9.97. The van der Waals surface area contributed by atoms with Gasteiger partial charge in [0.2, 0.25) is 13.3 Å². The Balaban J connectivity index is 1.94.